The van der Waals surface area contributed by atoms with E-state index in [-0.39, 0.29) is 39.2 Å². The topological polar surface area (TPSA) is 147 Å². The smallest absolute Gasteiger partial charge is 0.427 e. The van der Waals surface area contributed by atoms with Gasteiger partial charge >= 0.3 is 10.4 Å². The van der Waals surface area contributed by atoms with Crippen molar-refractivity contribution in [3.8, 4) is 23.1 Å². The Hall–Kier alpha value is -3.22. The Morgan fingerprint density at radius 3 is 2.38 bits per heavy atom. The minimum atomic E-state index is -5.24. The summed E-state index contributed by atoms with van der Waals surface area (Å²) in [5.74, 6) is -0.733. The molecule has 40 heavy (non-hydrogen) atoms. The molecule has 0 radical (unpaired) electrons. The number of aromatic nitrogens is 5. The first-order valence-corrected chi connectivity index (χ1v) is 15.7. The lowest BCUT2D eigenvalue weighted by molar-refractivity contribution is 0.187. The van der Waals surface area contributed by atoms with Crippen molar-refractivity contribution in [2.45, 2.75) is 21.4 Å². The van der Waals surface area contributed by atoms with Crippen molar-refractivity contribution in [2.24, 2.45) is 0 Å². The fourth-order valence-electron chi connectivity index (χ4n) is 3.66. The largest absolute Gasteiger partial charge is 0.435 e. The van der Waals surface area contributed by atoms with Gasteiger partial charge in [-0.15, -0.1) is 0 Å². The van der Waals surface area contributed by atoms with Gasteiger partial charge in [-0.25, -0.2) is 36.2 Å². The molecule has 0 N–H and O–H groups in total. The second-order valence-corrected chi connectivity index (χ2v) is 14.4. The lowest BCUT2D eigenvalue weighted by Gasteiger charge is -2.08. The number of sulfone groups is 2. The Balaban J connectivity index is 1.67. The van der Waals surface area contributed by atoms with E-state index in [2.05, 4.69) is 37.7 Å². The van der Waals surface area contributed by atoms with Crippen LogP contribution in [-0.4, -0.2) is 51.6 Å². The number of alkyl halides is 3. The highest BCUT2D eigenvalue weighted by Crippen LogP contribution is 2.35. The minimum Gasteiger partial charge on any atom is -0.435 e. The van der Waals surface area contributed by atoms with Crippen LogP contribution in [0.1, 0.15) is 6.92 Å². The van der Waals surface area contributed by atoms with Gasteiger partial charge in [0, 0.05) is 3.57 Å². The van der Waals surface area contributed by atoms with E-state index in [0.717, 1.165) is 26.5 Å². The van der Waals surface area contributed by atoms with Crippen LogP contribution in [0.3, 0.4) is 0 Å². The van der Waals surface area contributed by atoms with Crippen molar-refractivity contribution in [3.05, 3.63) is 75.0 Å². The molecular formula is C23H15ClF2IN5O6S2. The van der Waals surface area contributed by atoms with Crippen molar-refractivity contribution in [1.29, 1.82) is 0 Å². The van der Waals surface area contributed by atoms with Gasteiger partial charge in [0.05, 0.1) is 21.2 Å². The van der Waals surface area contributed by atoms with Crippen molar-refractivity contribution in [1.82, 2.24) is 24.3 Å². The zero-order valence-electron chi connectivity index (χ0n) is 20.0. The number of oxazole rings is 1. The van der Waals surface area contributed by atoms with Crippen LogP contribution in [-0.2, 0) is 19.7 Å². The first-order valence-electron chi connectivity index (χ1n) is 11.1. The van der Waals surface area contributed by atoms with E-state index in [1.165, 1.54) is 30.0 Å². The van der Waals surface area contributed by atoms with Gasteiger partial charge in [0.2, 0.25) is 5.89 Å². The van der Waals surface area contributed by atoms with Gasteiger partial charge in [-0.2, -0.15) is 18.6 Å². The third-order valence-electron chi connectivity index (χ3n) is 5.73. The van der Waals surface area contributed by atoms with Crippen LogP contribution < -0.4 is 5.69 Å². The molecule has 0 saturated heterocycles. The highest BCUT2D eigenvalue weighted by Gasteiger charge is 2.44. The van der Waals surface area contributed by atoms with Gasteiger partial charge in [0.15, 0.2) is 21.2 Å². The number of nitrogens with zero attached hydrogens (tertiary/aromatic N) is 5. The molecule has 0 amide bonds. The molecule has 0 spiro atoms. The minimum absolute atomic E-state index is 0.0426. The molecule has 208 valence electrons. The van der Waals surface area contributed by atoms with Crippen LogP contribution in [0.5, 0.6) is 0 Å². The van der Waals surface area contributed by atoms with Gasteiger partial charge in [-0.1, -0.05) is 6.92 Å². The number of hydrogen-bond donors (Lipinski definition) is 0. The monoisotopic (exact) mass is 721 g/mol. The van der Waals surface area contributed by atoms with Gasteiger partial charge in [-0.05, 0) is 88.8 Å². The predicted octanol–water partition coefficient (Wildman–Crippen LogP) is 4.19. The van der Waals surface area contributed by atoms with Crippen LogP contribution in [0.2, 0.25) is 0 Å². The average Bonchev–Trinajstić information content (AvgIpc) is 3.51. The number of benzene rings is 2. The average molecular weight is 722 g/mol. The summed E-state index contributed by atoms with van der Waals surface area (Å²) in [6.45, 7) is 1.41. The lowest BCUT2D eigenvalue weighted by atomic mass is 10.3. The van der Waals surface area contributed by atoms with E-state index in [9.17, 15) is 30.4 Å². The fraction of sp³-hybridized carbons (Fsp3) is 0.130. The first-order chi connectivity index (χ1) is 18.7. The summed E-state index contributed by atoms with van der Waals surface area (Å²) in [6.07, 6.45) is 1.27. The van der Waals surface area contributed by atoms with E-state index in [0.29, 0.717) is 5.69 Å². The molecule has 0 fully saturated rings. The van der Waals surface area contributed by atoms with E-state index in [1.54, 1.807) is 24.3 Å². The molecule has 0 aliphatic heterocycles. The molecule has 0 unspecified atom stereocenters. The highest BCUT2D eigenvalue weighted by molar-refractivity contribution is 14.1. The summed E-state index contributed by atoms with van der Waals surface area (Å²) in [6, 6.07) is 12.3. The molecule has 0 bridgehead atoms. The Morgan fingerprint density at radius 2 is 1.73 bits per heavy atom. The first kappa shape index (κ1) is 28.3. The van der Waals surface area contributed by atoms with E-state index in [4.69, 9.17) is 16.0 Å². The number of halogens is 4. The zero-order valence-corrected chi connectivity index (χ0v) is 24.5. The van der Waals surface area contributed by atoms with Gasteiger partial charge in [0.1, 0.15) is 17.5 Å². The van der Waals surface area contributed by atoms with Crippen LogP contribution in [0.25, 0.3) is 34.2 Å². The van der Waals surface area contributed by atoms with E-state index < -0.39 is 35.0 Å². The molecule has 0 aliphatic rings. The van der Waals surface area contributed by atoms with Gasteiger partial charge in [0.25, 0.3) is 9.84 Å². The van der Waals surface area contributed by atoms with Crippen molar-refractivity contribution in [3.63, 3.8) is 0 Å². The summed E-state index contributed by atoms with van der Waals surface area (Å²) in [5, 5.41) is 4.09. The van der Waals surface area contributed by atoms with Crippen LogP contribution in [0.15, 0.2) is 79.9 Å². The van der Waals surface area contributed by atoms with E-state index in [1.807, 2.05) is 0 Å². The Kier molecular flexibility index (Phi) is 7.08. The standard InChI is InChI=1S/C23H15ClF2IN5O6S2/c1-2-39(34,35)18-9-10-19(32-22(33)31(12-28-32)14-5-3-13(27)4-6-14)30-20(18)21-29-16-11-15(7-8-17(16)38-21)40(36,37)23(24,25)26/h3-12H,2H2,1H3. The van der Waals surface area contributed by atoms with Crippen LogP contribution >= 0.6 is 34.2 Å². The third-order valence-corrected chi connectivity index (χ3v) is 10.3. The second kappa shape index (κ2) is 10.0. The van der Waals surface area contributed by atoms with Crippen LogP contribution in [0.4, 0.5) is 8.78 Å². The maximum atomic E-state index is 13.5. The predicted molar refractivity (Wildman–Crippen MR) is 148 cm³/mol. The van der Waals surface area contributed by atoms with Gasteiger partial charge < -0.3 is 4.42 Å². The Labute approximate surface area is 243 Å². The summed E-state index contributed by atoms with van der Waals surface area (Å²) < 4.78 is 81.0. The summed E-state index contributed by atoms with van der Waals surface area (Å²) >= 11 is 6.88. The van der Waals surface area contributed by atoms with Crippen molar-refractivity contribution < 1.29 is 30.0 Å². The molecule has 0 atom stereocenters. The number of pyridine rings is 1. The molecule has 11 nitrogen and oxygen atoms in total. The molecule has 5 aromatic rings. The number of hydrogen-bond acceptors (Lipinski definition) is 9. The third kappa shape index (κ3) is 4.92. The molecule has 0 aliphatic carbocycles. The highest BCUT2D eigenvalue weighted by atomic mass is 127. The summed E-state index contributed by atoms with van der Waals surface area (Å²) in [7, 11) is -9.14. The molecular weight excluding hydrogens is 707 g/mol. The van der Waals surface area contributed by atoms with Crippen molar-refractivity contribution >= 4 is 65.0 Å². The van der Waals surface area contributed by atoms with E-state index >= 15 is 0 Å². The fourth-order valence-corrected chi connectivity index (χ4v) is 6.09. The zero-order chi connectivity index (χ0) is 29.0. The maximum absolute atomic E-state index is 13.5. The molecule has 17 heteroatoms. The summed E-state index contributed by atoms with van der Waals surface area (Å²) in [4.78, 5) is 20.4. The number of rotatable bonds is 7. The number of fused-ring (bicyclic) bond motifs is 1. The van der Waals surface area contributed by atoms with Gasteiger partial charge in [-0.3, -0.25) is 0 Å². The second-order valence-electron chi connectivity index (χ2n) is 8.19. The molecule has 3 aromatic heterocycles. The molecule has 5 rings (SSSR count). The molecule has 3 heterocycles. The molecule has 2 aromatic carbocycles. The quantitative estimate of drug-likeness (QED) is 0.178. The normalized spacial score (nSPS) is 12.7. The van der Waals surface area contributed by atoms with Crippen molar-refractivity contribution in [2.75, 3.05) is 5.75 Å². The lowest BCUT2D eigenvalue weighted by Crippen LogP contribution is -2.23. The summed E-state index contributed by atoms with van der Waals surface area (Å²) in [5.41, 5.74) is -0.573. The Morgan fingerprint density at radius 1 is 1.02 bits per heavy atom. The SMILES string of the molecule is CCS(=O)(=O)c1ccc(-n2ncn(-c3ccc(I)cc3)c2=O)nc1-c1nc2cc(S(=O)(=O)C(F)(F)Cl)ccc2o1. The van der Waals surface area contributed by atoms with Crippen LogP contribution in [0, 0.1) is 3.57 Å². The maximum Gasteiger partial charge on any atom is 0.427 e. The Bertz CT molecular complexity index is 2050. The molecule has 0 saturated carbocycles.